The van der Waals surface area contributed by atoms with Crippen molar-refractivity contribution in [1.82, 2.24) is 25.1 Å². The maximum atomic E-state index is 12.0. The normalized spacial score (nSPS) is 14.4. The first kappa shape index (κ1) is 13.5. The van der Waals surface area contributed by atoms with Gasteiger partial charge in [0.1, 0.15) is 12.3 Å². The summed E-state index contributed by atoms with van der Waals surface area (Å²) in [5.41, 5.74) is 0.814. The second-order valence-corrected chi connectivity index (χ2v) is 4.96. The van der Waals surface area contributed by atoms with Crippen LogP contribution in [0, 0.1) is 0 Å². The van der Waals surface area contributed by atoms with Crippen molar-refractivity contribution in [2.75, 3.05) is 20.2 Å². The Balaban J connectivity index is 1.72. The maximum Gasteiger partial charge on any atom is 0.246 e. The Hall–Kier alpha value is -2.44. The lowest BCUT2D eigenvalue weighted by atomic mass is 10.2. The molecule has 0 unspecified atom stereocenters. The number of carbonyl (C=O) groups is 1. The smallest absolute Gasteiger partial charge is 0.246 e. The summed E-state index contributed by atoms with van der Waals surface area (Å²) in [7, 11) is 1.61. The molecule has 0 saturated carbocycles. The van der Waals surface area contributed by atoms with Crippen molar-refractivity contribution in [1.29, 1.82) is 0 Å². The van der Waals surface area contributed by atoms with E-state index in [1.165, 1.54) is 4.80 Å². The highest BCUT2D eigenvalue weighted by molar-refractivity contribution is 5.76. The zero-order chi connectivity index (χ0) is 14.7. The summed E-state index contributed by atoms with van der Waals surface area (Å²) in [5, 5.41) is 12.2. The zero-order valence-electron chi connectivity index (χ0n) is 11.9. The number of aromatic nitrogens is 4. The van der Waals surface area contributed by atoms with Crippen molar-refractivity contribution in [3.8, 4) is 17.1 Å². The third-order valence-electron chi connectivity index (χ3n) is 3.52. The fourth-order valence-electron chi connectivity index (χ4n) is 2.38. The summed E-state index contributed by atoms with van der Waals surface area (Å²) in [4.78, 5) is 15.2. The fraction of sp³-hybridized carbons (Fsp3) is 0.429. The molecule has 21 heavy (non-hydrogen) atoms. The van der Waals surface area contributed by atoms with Crippen molar-refractivity contribution in [2.24, 2.45) is 0 Å². The van der Waals surface area contributed by atoms with Crippen molar-refractivity contribution < 1.29 is 9.53 Å². The molecule has 1 aromatic carbocycles. The van der Waals surface area contributed by atoms with E-state index in [9.17, 15) is 4.79 Å². The van der Waals surface area contributed by atoms with Gasteiger partial charge in [0.25, 0.3) is 0 Å². The van der Waals surface area contributed by atoms with Crippen LogP contribution in [-0.4, -0.2) is 51.2 Å². The van der Waals surface area contributed by atoms with Gasteiger partial charge in [0.15, 0.2) is 0 Å². The van der Waals surface area contributed by atoms with Gasteiger partial charge in [-0.1, -0.05) is 12.1 Å². The van der Waals surface area contributed by atoms with Crippen LogP contribution in [0.25, 0.3) is 11.4 Å². The van der Waals surface area contributed by atoms with Crippen molar-refractivity contribution >= 4 is 5.91 Å². The topological polar surface area (TPSA) is 73.1 Å². The van der Waals surface area contributed by atoms with Crippen LogP contribution in [0.5, 0.6) is 5.75 Å². The van der Waals surface area contributed by atoms with Crippen molar-refractivity contribution in [3.05, 3.63) is 24.3 Å². The van der Waals surface area contributed by atoms with E-state index in [1.807, 2.05) is 29.2 Å². The minimum atomic E-state index is 0.0436. The Morgan fingerprint density at radius 2 is 2.14 bits per heavy atom. The summed E-state index contributed by atoms with van der Waals surface area (Å²) < 4.78 is 5.17. The summed E-state index contributed by atoms with van der Waals surface area (Å²) in [5.74, 6) is 1.27. The van der Waals surface area contributed by atoms with Crippen LogP contribution in [0.15, 0.2) is 24.3 Å². The van der Waals surface area contributed by atoms with E-state index in [0.717, 1.165) is 37.2 Å². The molecule has 1 aliphatic heterocycles. The van der Waals surface area contributed by atoms with Crippen LogP contribution in [0.3, 0.4) is 0 Å². The first-order chi connectivity index (χ1) is 10.3. The molecule has 110 valence electrons. The molecule has 0 spiro atoms. The number of hydrogen-bond donors (Lipinski definition) is 0. The molecule has 3 rings (SSSR count). The number of likely N-dealkylation sites (tertiary alicyclic amines) is 1. The quantitative estimate of drug-likeness (QED) is 0.838. The monoisotopic (exact) mass is 287 g/mol. The highest BCUT2D eigenvalue weighted by Gasteiger charge is 2.19. The van der Waals surface area contributed by atoms with Crippen LogP contribution in [0.2, 0.25) is 0 Å². The molecule has 1 aromatic heterocycles. The molecule has 2 heterocycles. The van der Waals surface area contributed by atoms with Gasteiger partial charge in [-0.25, -0.2) is 0 Å². The van der Waals surface area contributed by atoms with E-state index >= 15 is 0 Å². The van der Waals surface area contributed by atoms with Gasteiger partial charge in [-0.3, -0.25) is 4.79 Å². The molecule has 0 bridgehead atoms. The number of nitrogens with zero attached hydrogens (tertiary/aromatic N) is 5. The van der Waals surface area contributed by atoms with Gasteiger partial charge in [0.05, 0.1) is 7.11 Å². The number of methoxy groups -OCH3 is 1. The standard InChI is InChI=1S/C14H17N5O2/c1-21-12-6-4-5-11(9-12)14-15-17-19(16-14)10-13(20)18-7-2-3-8-18/h4-6,9H,2-3,7-8,10H2,1H3. The number of ether oxygens (including phenoxy) is 1. The second-order valence-electron chi connectivity index (χ2n) is 4.96. The summed E-state index contributed by atoms with van der Waals surface area (Å²) in [6.07, 6.45) is 2.15. The van der Waals surface area contributed by atoms with E-state index in [4.69, 9.17) is 4.74 Å². The molecule has 0 aliphatic carbocycles. The average molecular weight is 287 g/mol. The van der Waals surface area contributed by atoms with Gasteiger partial charge >= 0.3 is 0 Å². The highest BCUT2D eigenvalue weighted by atomic mass is 16.5. The fourth-order valence-corrected chi connectivity index (χ4v) is 2.38. The molecule has 0 N–H and O–H groups in total. The van der Waals surface area contributed by atoms with Gasteiger partial charge in [0.2, 0.25) is 11.7 Å². The van der Waals surface area contributed by atoms with E-state index in [2.05, 4.69) is 15.4 Å². The van der Waals surface area contributed by atoms with Crippen molar-refractivity contribution in [3.63, 3.8) is 0 Å². The second kappa shape index (κ2) is 5.90. The first-order valence-corrected chi connectivity index (χ1v) is 6.96. The summed E-state index contributed by atoms with van der Waals surface area (Å²) >= 11 is 0. The molecule has 1 saturated heterocycles. The van der Waals surface area contributed by atoms with E-state index in [0.29, 0.717) is 5.82 Å². The molecule has 0 atom stereocenters. The van der Waals surface area contributed by atoms with Crippen LogP contribution >= 0.6 is 0 Å². The summed E-state index contributed by atoms with van der Waals surface area (Å²) in [6, 6.07) is 7.44. The largest absolute Gasteiger partial charge is 0.497 e. The van der Waals surface area contributed by atoms with Gasteiger partial charge in [-0.05, 0) is 30.2 Å². The Morgan fingerprint density at radius 1 is 1.33 bits per heavy atom. The lowest BCUT2D eigenvalue weighted by Gasteiger charge is -2.13. The minimum absolute atomic E-state index is 0.0436. The number of carbonyl (C=O) groups excluding carboxylic acids is 1. The SMILES string of the molecule is COc1cccc(-c2nnn(CC(=O)N3CCCC3)n2)c1. The first-order valence-electron chi connectivity index (χ1n) is 6.96. The zero-order valence-corrected chi connectivity index (χ0v) is 11.9. The number of hydrogen-bond acceptors (Lipinski definition) is 5. The number of benzene rings is 1. The van der Waals surface area contributed by atoms with Crippen LogP contribution < -0.4 is 4.74 Å². The van der Waals surface area contributed by atoms with Crippen LogP contribution in [0.4, 0.5) is 0 Å². The molecule has 1 amide bonds. The predicted octanol–water partition coefficient (Wildman–Crippen LogP) is 0.971. The van der Waals surface area contributed by atoms with Crippen LogP contribution in [-0.2, 0) is 11.3 Å². The van der Waals surface area contributed by atoms with Crippen molar-refractivity contribution in [2.45, 2.75) is 19.4 Å². The molecule has 7 nitrogen and oxygen atoms in total. The van der Waals surface area contributed by atoms with Gasteiger partial charge < -0.3 is 9.64 Å². The highest BCUT2D eigenvalue weighted by Crippen LogP contribution is 2.19. The molecule has 1 fully saturated rings. The van der Waals surface area contributed by atoms with Gasteiger partial charge in [-0.15, -0.1) is 10.2 Å². The van der Waals surface area contributed by atoms with E-state index in [1.54, 1.807) is 7.11 Å². The number of tetrazole rings is 1. The lowest BCUT2D eigenvalue weighted by molar-refractivity contribution is -0.131. The van der Waals surface area contributed by atoms with Gasteiger partial charge in [-0.2, -0.15) is 4.80 Å². The minimum Gasteiger partial charge on any atom is -0.497 e. The molecule has 1 aliphatic rings. The number of amides is 1. The van der Waals surface area contributed by atoms with E-state index in [-0.39, 0.29) is 12.5 Å². The Morgan fingerprint density at radius 3 is 2.90 bits per heavy atom. The Bertz CT molecular complexity index is 634. The molecule has 2 aromatic rings. The third-order valence-corrected chi connectivity index (χ3v) is 3.52. The molecule has 0 radical (unpaired) electrons. The third kappa shape index (κ3) is 3.01. The van der Waals surface area contributed by atoms with Gasteiger partial charge in [0, 0.05) is 18.7 Å². The lowest BCUT2D eigenvalue weighted by Crippen LogP contribution is -2.31. The Labute approximate surface area is 122 Å². The number of rotatable bonds is 4. The maximum absolute atomic E-state index is 12.0. The predicted molar refractivity (Wildman–Crippen MR) is 75.6 cm³/mol. The Kier molecular flexibility index (Phi) is 3.81. The van der Waals surface area contributed by atoms with Crippen LogP contribution in [0.1, 0.15) is 12.8 Å². The average Bonchev–Trinajstić information content (AvgIpc) is 3.18. The molecular weight excluding hydrogens is 270 g/mol. The molecular formula is C14H17N5O2. The molecule has 7 heteroatoms. The summed E-state index contributed by atoms with van der Waals surface area (Å²) in [6.45, 7) is 1.80. The van der Waals surface area contributed by atoms with E-state index < -0.39 is 0 Å².